The lowest BCUT2D eigenvalue weighted by atomic mass is 9.85. The van der Waals surface area contributed by atoms with Crippen LogP contribution >= 0.6 is 11.8 Å². The normalized spacial score (nSPS) is 12.8. The lowest BCUT2D eigenvalue weighted by Gasteiger charge is -2.24. The molecule has 0 fully saturated rings. The average molecular weight is 581 g/mol. The van der Waals surface area contributed by atoms with Gasteiger partial charge in [-0.15, -0.1) is 0 Å². The second kappa shape index (κ2) is 9.78. The first-order chi connectivity index (χ1) is 21.1. The fraction of sp³-hybridized carbons (Fsp3) is 0.111. The molecule has 0 spiro atoms. The summed E-state index contributed by atoms with van der Waals surface area (Å²) in [6.07, 6.45) is 0. The van der Waals surface area contributed by atoms with E-state index in [-0.39, 0.29) is 11.6 Å². The number of hydrogen-bond donors (Lipinski definition) is 0. The first kappa shape index (κ1) is 25.7. The molecule has 6 aromatic rings. The average Bonchev–Trinajstić information content (AvgIpc) is 3.04. The van der Waals surface area contributed by atoms with Gasteiger partial charge in [0, 0.05) is 54.9 Å². The molecule has 7 heteroatoms. The van der Waals surface area contributed by atoms with Crippen molar-refractivity contribution in [2.45, 2.75) is 23.6 Å². The molecule has 0 N–H and O–H groups in total. The fourth-order valence-electron chi connectivity index (χ4n) is 6.24. The number of rotatable bonds is 6. The maximum absolute atomic E-state index is 13.6. The van der Waals surface area contributed by atoms with Crippen LogP contribution in [0.15, 0.2) is 94.7 Å². The van der Waals surface area contributed by atoms with Gasteiger partial charge >= 0.3 is 0 Å². The topological polar surface area (TPSA) is 78.4 Å². The van der Waals surface area contributed by atoms with Crippen molar-refractivity contribution >= 4 is 44.9 Å². The largest absolute Gasteiger partial charge is 0.477 e. The number of carbonyl (C=O) groups is 2. The summed E-state index contributed by atoms with van der Waals surface area (Å²) < 4.78 is 12.4. The summed E-state index contributed by atoms with van der Waals surface area (Å²) in [4.78, 5) is 38.8. The Hall–Kier alpha value is -5.01. The van der Waals surface area contributed by atoms with Crippen LogP contribution in [0.2, 0.25) is 0 Å². The van der Waals surface area contributed by atoms with Gasteiger partial charge in [-0.25, -0.2) is 9.97 Å². The molecule has 6 nitrogen and oxygen atoms in total. The molecule has 0 bridgehead atoms. The molecule has 4 aromatic carbocycles. The summed E-state index contributed by atoms with van der Waals surface area (Å²) in [7, 11) is 0. The predicted octanol–water partition coefficient (Wildman–Crippen LogP) is 8.15. The highest BCUT2D eigenvalue weighted by molar-refractivity contribution is 8.00. The van der Waals surface area contributed by atoms with Gasteiger partial charge in [0.2, 0.25) is 11.8 Å². The highest BCUT2D eigenvalue weighted by Gasteiger charge is 2.32. The Morgan fingerprint density at radius 3 is 1.35 bits per heavy atom. The van der Waals surface area contributed by atoms with Crippen LogP contribution in [0.3, 0.4) is 0 Å². The molecule has 0 atom stereocenters. The van der Waals surface area contributed by atoms with Gasteiger partial charge in [0.1, 0.15) is 0 Å². The highest BCUT2D eigenvalue weighted by atomic mass is 32.2. The van der Waals surface area contributed by atoms with Gasteiger partial charge in [-0.1, -0.05) is 96.7 Å². The number of pyridine rings is 2. The van der Waals surface area contributed by atoms with E-state index >= 15 is 0 Å². The second-order valence-corrected chi connectivity index (χ2v) is 11.4. The number of aromatic nitrogens is 2. The van der Waals surface area contributed by atoms with Crippen LogP contribution in [0, 0.1) is 0 Å². The lowest BCUT2D eigenvalue weighted by molar-refractivity contribution is 0.103. The predicted molar refractivity (Wildman–Crippen MR) is 168 cm³/mol. The molecule has 0 unspecified atom stereocenters. The molecule has 0 radical (unpaired) electrons. The molecule has 2 aliphatic rings. The van der Waals surface area contributed by atoms with Gasteiger partial charge in [0.25, 0.3) is 0 Å². The van der Waals surface area contributed by atoms with E-state index in [0.717, 1.165) is 53.9 Å². The van der Waals surface area contributed by atoms with Crippen LogP contribution in [0.4, 0.5) is 0 Å². The molecule has 2 aliphatic carbocycles. The Labute approximate surface area is 251 Å². The van der Waals surface area contributed by atoms with Crippen molar-refractivity contribution in [3.8, 4) is 34.3 Å². The minimum Gasteiger partial charge on any atom is -0.477 e. The molecule has 0 amide bonds. The second-order valence-electron chi connectivity index (χ2n) is 10.4. The molecule has 0 saturated heterocycles. The zero-order valence-corrected chi connectivity index (χ0v) is 24.2. The van der Waals surface area contributed by atoms with Gasteiger partial charge in [-0.05, 0) is 13.8 Å². The van der Waals surface area contributed by atoms with Crippen LogP contribution in [0.25, 0.3) is 44.1 Å². The van der Waals surface area contributed by atoms with Crippen LogP contribution in [-0.2, 0) is 0 Å². The van der Waals surface area contributed by atoms with Crippen molar-refractivity contribution < 1.29 is 19.1 Å². The van der Waals surface area contributed by atoms with Crippen molar-refractivity contribution in [1.82, 2.24) is 9.97 Å². The van der Waals surface area contributed by atoms with Crippen LogP contribution in [0.5, 0.6) is 11.8 Å². The van der Waals surface area contributed by atoms with Crippen molar-refractivity contribution in [1.29, 1.82) is 0 Å². The van der Waals surface area contributed by atoms with Gasteiger partial charge < -0.3 is 9.47 Å². The molecule has 0 saturated carbocycles. The van der Waals surface area contributed by atoms with Crippen molar-refractivity contribution in [2.75, 3.05) is 13.2 Å². The Morgan fingerprint density at radius 2 is 0.930 bits per heavy atom. The maximum Gasteiger partial charge on any atom is 0.228 e. The quantitative estimate of drug-likeness (QED) is 0.196. The lowest BCUT2D eigenvalue weighted by Crippen LogP contribution is -2.13. The summed E-state index contributed by atoms with van der Waals surface area (Å²) in [6, 6.07) is 26.7. The van der Waals surface area contributed by atoms with Gasteiger partial charge in [0.15, 0.2) is 11.6 Å². The molecule has 8 rings (SSSR count). The van der Waals surface area contributed by atoms with E-state index in [9.17, 15) is 9.59 Å². The van der Waals surface area contributed by atoms with E-state index in [2.05, 4.69) is 0 Å². The van der Waals surface area contributed by atoms with Crippen LogP contribution in [0.1, 0.15) is 45.7 Å². The van der Waals surface area contributed by atoms with Gasteiger partial charge in [0.05, 0.1) is 34.4 Å². The molecule has 208 valence electrons. The molecule has 2 heterocycles. The number of nitrogens with zero attached hydrogens (tertiary/aromatic N) is 2. The van der Waals surface area contributed by atoms with E-state index in [1.54, 1.807) is 0 Å². The summed E-state index contributed by atoms with van der Waals surface area (Å²) in [6.45, 7) is 4.69. The Balaban J connectivity index is 1.43. The van der Waals surface area contributed by atoms with Crippen molar-refractivity contribution in [3.63, 3.8) is 0 Å². The van der Waals surface area contributed by atoms with E-state index in [0.29, 0.717) is 47.2 Å². The Bertz CT molecular complexity index is 2030. The molecular formula is C36H24N2O4S. The zero-order chi connectivity index (χ0) is 29.2. The Morgan fingerprint density at radius 1 is 0.535 bits per heavy atom. The molecule has 0 aliphatic heterocycles. The summed E-state index contributed by atoms with van der Waals surface area (Å²) in [5.41, 5.74) is 5.56. The SMILES string of the molecule is CCOc1nc2c3c(cccc3c1Sc1c(OCC)nc3c4c(cccc14)C(=O)c1ccccc1-3)C(=O)c1ccccc1-2. The third kappa shape index (κ3) is 3.68. The van der Waals surface area contributed by atoms with Crippen molar-refractivity contribution in [3.05, 3.63) is 107 Å². The summed E-state index contributed by atoms with van der Waals surface area (Å²) in [5, 5.41) is 3.33. The molecule has 43 heavy (non-hydrogen) atoms. The minimum atomic E-state index is -0.0222. The summed E-state index contributed by atoms with van der Waals surface area (Å²) >= 11 is 1.45. The monoisotopic (exact) mass is 580 g/mol. The molecular weight excluding hydrogens is 556 g/mol. The first-order valence-electron chi connectivity index (χ1n) is 14.3. The first-order valence-corrected chi connectivity index (χ1v) is 15.1. The van der Waals surface area contributed by atoms with E-state index in [1.807, 2.05) is 98.8 Å². The van der Waals surface area contributed by atoms with Crippen LogP contribution < -0.4 is 9.47 Å². The van der Waals surface area contributed by atoms with E-state index in [1.165, 1.54) is 11.8 Å². The third-order valence-corrected chi connectivity index (χ3v) is 9.21. The number of ketones is 2. The maximum atomic E-state index is 13.6. The van der Waals surface area contributed by atoms with E-state index in [4.69, 9.17) is 19.4 Å². The van der Waals surface area contributed by atoms with Crippen molar-refractivity contribution in [2.24, 2.45) is 0 Å². The smallest absolute Gasteiger partial charge is 0.228 e. The number of benzene rings is 4. The van der Waals surface area contributed by atoms with Crippen LogP contribution in [-0.4, -0.2) is 34.7 Å². The number of carbonyl (C=O) groups excluding carboxylic acids is 2. The zero-order valence-electron chi connectivity index (χ0n) is 23.4. The Kier molecular flexibility index (Phi) is 5.84. The highest BCUT2D eigenvalue weighted by Crippen LogP contribution is 2.51. The standard InChI is InChI=1S/C36H24N2O4S/c1-3-41-35-33(25-17-9-15-23-27(25)29(37-35)19-11-5-7-13-21(19)31(23)39)43-34-26-18-10-16-24-28(26)30(38-36(34)42-4-2)20-12-6-8-14-22(20)32(24)40/h5-18H,3-4H2,1-2H3. The minimum absolute atomic E-state index is 0.0222. The number of fused-ring (bicyclic) bond motifs is 4. The number of hydrogen-bond acceptors (Lipinski definition) is 7. The van der Waals surface area contributed by atoms with E-state index < -0.39 is 0 Å². The van der Waals surface area contributed by atoms with Gasteiger partial charge in [-0.3, -0.25) is 9.59 Å². The number of ether oxygens (including phenoxy) is 2. The summed E-state index contributed by atoms with van der Waals surface area (Å²) in [5.74, 6) is 0.901. The third-order valence-electron chi connectivity index (χ3n) is 8.02. The molecule has 2 aromatic heterocycles. The van der Waals surface area contributed by atoms with Gasteiger partial charge in [-0.2, -0.15) is 0 Å². The fourth-order valence-corrected chi connectivity index (χ4v) is 7.39.